The van der Waals surface area contributed by atoms with Gasteiger partial charge < -0.3 is 9.88 Å². The van der Waals surface area contributed by atoms with Crippen molar-refractivity contribution in [2.45, 2.75) is 37.6 Å². The second kappa shape index (κ2) is 9.71. The summed E-state index contributed by atoms with van der Waals surface area (Å²) < 4.78 is 1.94. The minimum atomic E-state index is -0.311. The number of amides is 1. The van der Waals surface area contributed by atoms with Gasteiger partial charge in [0.2, 0.25) is 5.91 Å². The summed E-state index contributed by atoms with van der Waals surface area (Å²) in [6, 6.07) is 17.1. The zero-order valence-electron chi connectivity index (χ0n) is 17.6. The maximum Gasteiger partial charge on any atom is 0.226 e. The molecule has 0 aliphatic heterocycles. The van der Waals surface area contributed by atoms with E-state index in [1.165, 1.54) is 17.3 Å². The van der Waals surface area contributed by atoms with Crippen LogP contribution in [0, 0.1) is 5.92 Å². The first-order chi connectivity index (χ1) is 14.3. The average Bonchev–Trinajstić information content (AvgIpc) is 3.08. The number of hydrogen-bond donors (Lipinski definition) is 1. The van der Waals surface area contributed by atoms with Gasteiger partial charge in [0.05, 0.1) is 5.25 Å². The molecule has 0 aliphatic carbocycles. The maximum absolute atomic E-state index is 12.8. The first kappa shape index (κ1) is 21.8. The summed E-state index contributed by atoms with van der Waals surface area (Å²) in [7, 11) is 1.92. The fourth-order valence-electron chi connectivity index (χ4n) is 2.83. The molecule has 6 nitrogen and oxygen atoms in total. The van der Waals surface area contributed by atoms with E-state index in [1.807, 2.05) is 50.6 Å². The molecule has 3 rings (SSSR count). The van der Waals surface area contributed by atoms with E-state index in [0.717, 1.165) is 5.82 Å². The van der Waals surface area contributed by atoms with Crippen LogP contribution in [0.25, 0.3) is 0 Å². The fourth-order valence-corrected chi connectivity index (χ4v) is 3.74. The van der Waals surface area contributed by atoms with Gasteiger partial charge in [-0.2, -0.15) is 0 Å². The highest BCUT2D eigenvalue weighted by atomic mass is 32.2. The first-order valence-electron chi connectivity index (χ1n) is 9.89. The quantitative estimate of drug-likeness (QED) is 0.431. The number of nitrogens with one attached hydrogen (secondary N) is 1. The van der Waals surface area contributed by atoms with Crippen LogP contribution in [0.5, 0.6) is 0 Å². The molecule has 7 heteroatoms. The minimum absolute atomic E-state index is 0.00865. The summed E-state index contributed by atoms with van der Waals surface area (Å²) in [5, 5.41) is 11.8. The van der Waals surface area contributed by atoms with Crippen LogP contribution in [0.4, 0.5) is 5.69 Å². The van der Waals surface area contributed by atoms with E-state index in [1.54, 1.807) is 24.3 Å². The Morgan fingerprint density at radius 2 is 1.67 bits per heavy atom. The zero-order chi connectivity index (χ0) is 21.7. The number of hydrogen-bond acceptors (Lipinski definition) is 5. The molecule has 0 unspecified atom stereocenters. The zero-order valence-corrected chi connectivity index (χ0v) is 18.4. The van der Waals surface area contributed by atoms with Gasteiger partial charge in [-0.1, -0.05) is 55.9 Å². The highest BCUT2D eigenvalue weighted by Crippen LogP contribution is 2.25. The highest BCUT2D eigenvalue weighted by molar-refractivity contribution is 8.00. The van der Waals surface area contributed by atoms with Crippen LogP contribution in [0.2, 0.25) is 0 Å². The van der Waals surface area contributed by atoms with Crippen LogP contribution in [-0.4, -0.2) is 31.7 Å². The third-order valence-corrected chi connectivity index (χ3v) is 5.88. The van der Waals surface area contributed by atoms with Crippen molar-refractivity contribution >= 4 is 29.1 Å². The van der Waals surface area contributed by atoms with Gasteiger partial charge in [0, 0.05) is 30.6 Å². The molecule has 0 saturated carbocycles. The van der Waals surface area contributed by atoms with Crippen LogP contribution >= 0.6 is 11.8 Å². The van der Waals surface area contributed by atoms with E-state index >= 15 is 0 Å². The largest absolute Gasteiger partial charge is 0.326 e. The minimum Gasteiger partial charge on any atom is -0.326 e. The van der Waals surface area contributed by atoms with Gasteiger partial charge in [-0.15, -0.1) is 10.2 Å². The van der Waals surface area contributed by atoms with Gasteiger partial charge in [-0.25, -0.2) is 0 Å². The lowest BCUT2D eigenvalue weighted by Crippen LogP contribution is -2.18. The van der Waals surface area contributed by atoms with Crippen molar-refractivity contribution < 1.29 is 9.59 Å². The highest BCUT2D eigenvalue weighted by Gasteiger charge is 2.20. The predicted octanol–water partition coefficient (Wildman–Crippen LogP) is 4.36. The molecule has 0 aliphatic rings. The van der Waals surface area contributed by atoms with Gasteiger partial charge in [0.15, 0.2) is 10.9 Å². The van der Waals surface area contributed by atoms with Gasteiger partial charge in [0.1, 0.15) is 5.82 Å². The van der Waals surface area contributed by atoms with Gasteiger partial charge >= 0.3 is 0 Å². The number of aromatic nitrogens is 3. The van der Waals surface area contributed by atoms with Gasteiger partial charge in [-0.3, -0.25) is 9.59 Å². The number of Topliss-reactive ketones (excluding diaryl/α,β-unsaturated/α-hetero) is 1. The summed E-state index contributed by atoms with van der Waals surface area (Å²) in [5.74, 6) is 0.718. The molecule has 156 valence electrons. The molecule has 0 fully saturated rings. The SMILES string of the molecule is CC(C)C(=O)Nc1ccc(C(=O)[C@@H](C)Sc2nnc(Cc3ccccc3)n2C)cc1. The number of ketones is 1. The first-order valence-corrected chi connectivity index (χ1v) is 10.8. The van der Waals surface area contributed by atoms with Crippen LogP contribution in [-0.2, 0) is 18.3 Å². The van der Waals surface area contributed by atoms with Crippen LogP contribution in [0.1, 0.15) is 42.5 Å². The monoisotopic (exact) mass is 422 g/mol. The smallest absolute Gasteiger partial charge is 0.226 e. The van der Waals surface area contributed by atoms with Crippen molar-refractivity contribution in [1.29, 1.82) is 0 Å². The van der Waals surface area contributed by atoms with Crippen molar-refractivity contribution in [2.24, 2.45) is 13.0 Å². The Hall–Kier alpha value is -2.93. The molecule has 1 heterocycles. The second-order valence-electron chi connectivity index (χ2n) is 7.47. The Bertz CT molecular complexity index is 1010. The molecule has 30 heavy (non-hydrogen) atoms. The maximum atomic E-state index is 12.8. The van der Waals surface area contributed by atoms with E-state index in [-0.39, 0.29) is 22.9 Å². The van der Waals surface area contributed by atoms with Gasteiger partial charge in [0.25, 0.3) is 0 Å². The normalized spacial score (nSPS) is 12.0. The predicted molar refractivity (Wildman–Crippen MR) is 120 cm³/mol. The van der Waals surface area contributed by atoms with Crippen molar-refractivity contribution in [3.05, 3.63) is 71.5 Å². The molecule has 0 radical (unpaired) electrons. The molecule has 1 amide bonds. The van der Waals surface area contributed by atoms with E-state index in [0.29, 0.717) is 22.8 Å². The number of rotatable bonds is 8. The Labute approximate surface area is 181 Å². The third kappa shape index (κ3) is 5.36. The summed E-state index contributed by atoms with van der Waals surface area (Å²) in [6.07, 6.45) is 0.691. The van der Waals surface area contributed by atoms with Gasteiger partial charge in [-0.05, 0) is 36.8 Å². The van der Waals surface area contributed by atoms with Crippen molar-refractivity contribution in [2.75, 3.05) is 5.32 Å². The molecule has 2 aromatic carbocycles. The van der Waals surface area contributed by atoms with Crippen LogP contribution < -0.4 is 5.32 Å². The summed E-state index contributed by atoms with van der Waals surface area (Å²) >= 11 is 1.39. The molecule has 0 bridgehead atoms. The van der Waals surface area contributed by atoms with Crippen molar-refractivity contribution in [3.8, 4) is 0 Å². The Kier molecular flexibility index (Phi) is 7.05. The molecular formula is C23H26N4O2S. The second-order valence-corrected chi connectivity index (χ2v) is 8.77. The standard InChI is InChI=1S/C23H26N4O2S/c1-15(2)22(29)24-19-12-10-18(11-13-19)21(28)16(3)30-23-26-25-20(27(23)4)14-17-8-6-5-7-9-17/h5-13,15-16H,14H2,1-4H3,(H,24,29)/t16-/m1/s1. The number of nitrogens with zero attached hydrogens (tertiary/aromatic N) is 3. The lowest BCUT2D eigenvalue weighted by molar-refractivity contribution is -0.118. The molecule has 1 N–H and O–H groups in total. The van der Waals surface area contributed by atoms with E-state index in [2.05, 4.69) is 27.6 Å². The Morgan fingerprint density at radius 1 is 1.00 bits per heavy atom. The van der Waals surface area contributed by atoms with Crippen molar-refractivity contribution in [1.82, 2.24) is 14.8 Å². The molecule has 0 spiro atoms. The molecule has 1 atom stereocenters. The fraction of sp³-hybridized carbons (Fsp3) is 0.304. The molecular weight excluding hydrogens is 396 g/mol. The lowest BCUT2D eigenvalue weighted by atomic mass is 10.1. The van der Waals surface area contributed by atoms with E-state index in [9.17, 15) is 9.59 Å². The Morgan fingerprint density at radius 3 is 2.30 bits per heavy atom. The number of carbonyl (C=O) groups is 2. The average molecular weight is 423 g/mol. The van der Waals surface area contributed by atoms with Crippen molar-refractivity contribution in [3.63, 3.8) is 0 Å². The third-order valence-electron chi connectivity index (χ3n) is 4.74. The number of carbonyl (C=O) groups excluding carboxylic acids is 2. The van der Waals surface area contributed by atoms with E-state index < -0.39 is 0 Å². The summed E-state index contributed by atoms with van der Waals surface area (Å²) in [6.45, 7) is 5.54. The molecule has 1 aromatic heterocycles. The summed E-state index contributed by atoms with van der Waals surface area (Å²) in [5.41, 5.74) is 2.45. The number of thioether (sulfide) groups is 1. The lowest BCUT2D eigenvalue weighted by Gasteiger charge is -2.11. The molecule has 0 saturated heterocycles. The Balaban J connectivity index is 1.64. The molecule has 3 aromatic rings. The van der Waals surface area contributed by atoms with Crippen LogP contribution in [0.3, 0.4) is 0 Å². The summed E-state index contributed by atoms with van der Waals surface area (Å²) in [4.78, 5) is 24.6. The van der Waals surface area contributed by atoms with Crippen LogP contribution in [0.15, 0.2) is 59.8 Å². The van der Waals surface area contributed by atoms with E-state index in [4.69, 9.17) is 0 Å². The number of benzene rings is 2. The number of anilines is 1. The topological polar surface area (TPSA) is 76.9 Å².